The van der Waals surface area contributed by atoms with Crippen LogP contribution in [0.1, 0.15) is 25.7 Å². The molecule has 2 aliphatic carbocycles. The number of hydrogen-bond donors (Lipinski definition) is 0. The summed E-state index contributed by atoms with van der Waals surface area (Å²) in [6.45, 7) is 0. The summed E-state index contributed by atoms with van der Waals surface area (Å²) >= 11 is -4.17. The van der Waals surface area contributed by atoms with E-state index in [1.54, 1.807) is 0 Å². The number of rotatable bonds is 2. The Morgan fingerprint density at radius 3 is 1.74 bits per heavy atom. The van der Waals surface area contributed by atoms with Crippen LogP contribution in [0.15, 0.2) is 43.2 Å². The molecule has 0 saturated carbocycles. The second-order valence-corrected chi connectivity index (χ2v) is 9.85. The van der Waals surface area contributed by atoms with E-state index in [4.69, 9.17) is 19.5 Å². The van der Waals surface area contributed by atoms with Crippen LogP contribution in [0, 0.1) is 24.7 Å². The summed E-state index contributed by atoms with van der Waals surface area (Å²) in [7, 11) is 0. The topological polar surface area (TPSA) is 52.6 Å². The summed E-state index contributed by atoms with van der Waals surface area (Å²) in [5.74, 6) is 2.31. The average Bonchev–Trinajstić information content (AvgIpc) is 3.19. The average molecular weight is 342 g/mol. The molecule has 0 radical (unpaired) electrons. The van der Waals surface area contributed by atoms with Gasteiger partial charge in [-0.15, -0.1) is 0 Å². The van der Waals surface area contributed by atoms with E-state index in [2.05, 4.69) is 0 Å². The van der Waals surface area contributed by atoms with Crippen LogP contribution < -0.4 is 0 Å². The zero-order valence-electron chi connectivity index (χ0n) is 12.4. The van der Waals surface area contributed by atoms with Crippen LogP contribution >= 0.6 is 0 Å². The van der Waals surface area contributed by atoms with Crippen LogP contribution in [0.5, 0.6) is 0 Å². The molecule has 0 amide bonds. The van der Waals surface area contributed by atoms with E-state index in [-0.39, 0.29) is 0 Å². The molecule has 0 unspecified atom stereocenters. The van der Waals surface area contributed by atoms with E-state index in [0.29, 0.717) is 12.8 Å². The van der Waals surface area contributed by atoms with Gasteiger partial charge < -0.3 is 0 Å². The SMILES string of the molecule is C#CC(=O)[O][Ti]1([O]C(=O)C#C)[C]2=C(C=CC2)CCC2=[C]1CC=C2. The van der Waals surface area contributed by atoms with E-state index in [0.717, 1.165) is 31.7 Å². The first-order valence-corrected chi connectivity index (χ1v) is 10.1. The van der Waals surface area contributed by atoms with Crippen LogP contribution in [-0.4, -0.2) is 11.9 Å². The zero-order chi connectivity index (χ0) is 16.4. The molecule has 0 bridgehead atoms. The fraction of sp³-hybridized carbons (Fsp3) is 0.222. The van der Waals surface area contributed by atoms with Gasteiger partial charge in [0.15, 0.2) is 0 Å². The molecule has 3 rings (SSSR count). The van der Waals surface area contributed by atoms with Crippen LogP contribution in [-0.2, 0) is 33.6 Å². The summed E-state index contributed by atoms with van der Waals surface area (Å²) in [5, 5.41) is 0. The van der Waals surface area contributed by atoms with Gasteiger partial charge in [-0.1, -0.05) is 0 Å². The monoisotopic (exact) mass is 342 g/mol. The summed E-state index contributed by atoms with van der Waals surface area (Å²) in [5.41, 5.74) is 2.14. The quantitative estimate of drug-likeness (QED) is 0.572. The number of allylic oxidation sites excluding steroid dienone is 8. The number of carbonyl (C=O) groups is 2. The van der Waals surface area contributed by atoms with E-state index in [9.17, 15) is 9.59 Å². The van der Waals surface area contributed by atoms with E-state index < -0.39 is 29.3 Å². The molecule has 0 atom stereocenters. The Bertz CT molecular complexity index is 728. The standard InChI is InChI=1S/C12H12.2C3H2O2.Ti/c1-2-6-11(5-1)9-10-12-7-3-4-8-12;2*1-2-3(4)5;/h1,3,5,7H,2,4,9-10H2;2*1H,(H,4,5);/q;;;+2/p-2. The van der Waals surface area contributed by atoms with E-state index in [1.807, 2.05) is 36.1 Å². The fourth-order valence-electron chi connectivity index (χ4n) is 3.30. The summed E-state index contributed by atoms with van der Waals surface area (Å²) in [6.07, 6.45) is 21.2. The molecule has 1 aliphatic heterocycles. The Kier molecular flexibility index (Phi) is 4.13. The number of hydrogen-bond acceptors (Lipinski definition) is 4. The molecule has 4 nitrogen and oxygen atoms in total. The van der Waals surface area contributed by atoms with Crippen molar-refractivity contribution in [2.75, 3.05) is 0 Å². The van der Waals surface area contributed by atoms with Gasteiger partial charge in [0.2, 0.25) is 0 Å². The molecule has 0 spiro atoms. The Hall–Kier alpha value is -2.27. The molecule has 0 aromatic rings. The molecular formula is C18H14O4Ti. The third-order valence-electron chi connectivity index (χ3n) is 4.22. The first kappa shape index (κ1) is 15.6. The molecule has 3 aliphatic rings. The fourth-order valence-corrected chi connectivity index (χ4v) is 8.88. The summed E-state index contributed by atoms with van der Waals surface area (Å²) in [6, 6.07) is 0. The van der Waals surface area contributed by atoms with E-state index in [1.165, 1.54) is 0 Å². The Morgan fingerprint density at radius 1 is 0.913 bits per heavy atom. The third kappa shape index (κ3) is 2.61. The first-order chi connectivity index (χ1) is 11.1. The van der Waals surface area contributed by atoms with Gasteiger partial charge in [-0.3, -0.25) is 0 Å². The Labute approximate surface area is 139 Å². The molecule has 0 fully saturated rings. The minimum absolute atomic E-state index is 0.599. The predicted octanol–water partition coefficient (Wildman–Crippen LogP) is 2.54. The van der Waals surface area contributed by atoms with Gasteiger partial charge in [-0.05, 0) is 0 Å². The molecule has 0 aromatic heterocycles. The van der Waals surface area contributed by atoms with Crippen molar-refractivity contribution in [3.8, 4) is 24.7 Å². The van der Waals surface area contributed by atoms with Gasteiger partial charge in [0, 0.05) is 0 Å². The third-order valence-corrected chi connectivity index (χ3v) is 9.82. The van der Waals surface area contributed by atoms with Gasteiger partial charge >= 0.3 is 139 Å². The van der Waals surface area contributed by atoms with Crippen LogP contribution in [0.25, 0.3) is 0 Å². The summed E-state index contributed by atoms with van der Waals surface area (Å²) in [4.78, 5) is 23.8. The van der Waals surface area contributed by atoms with Crippen molar-refractivity contribution in [1.82, 2.24) is 0 Å². The second kappa shape index (κ2) is 6.09. The van der Waals surface area contributed by atoms with Crippen molar-refractivity contribution in [1.29, 1.82) is 0 Å². The maximum atomic E-state index is 11.9. The molecule has 1 heterocycles. The number of terminal acetylenes is 2. The van der Waals surface area contributed by atoms with Gasteiger partial charge in [0.05, 0.1) is 0 Å². The van der Waals surface area contributed by atoms with Crippen LogP contribution in [0.3, 0.4) is 0 Å². The molecule has 0 saturated heterocycles. The van der Waals surface area contributed by atoms with Crippen molar-refractivity contribution >= 4 is 11.9 Å². The molecule has 0 N–H and O–H groups in total. The van der Waals surface area contributed by atoms with Crippen LogP contribution in [0.4, 0.5) is 0 Å². The van der Waals surface area contributed by atoms with E-state index >= 15 is 0 Å². The van der Waals surface area contributed by atoms with Crippen molar-refractivity contribution < 1.29 is 33.6 Å². The van der Waals surface area contributed by atoms with Crippen molar-refractivity contribution in [2.24, 2.45) is 0 Å². The number of carbonyl (C=O) groups excluding carboxylic acids is 2. The molecule has 114 valence electrons. The normalized spacial score (nSPS) is 20.3. The second-order valence-electron chi connectivity index (χ2n) is 5.40. The molecular weight excluding hydrogens is 328 g/mol. The van der Waals surface area contributed by atoms with Gasteiger partial charge in [-0.2, -0.15) is 0 Å². The van der Waals surface area contributed by atoms with Crippen LogP contribution in [0.2, 0.25) is 0 Å². The predicted molar refractivity (Wildman–Crippen MR) is 80.7 cm³/mol. The minimum atomic E-state index is -4.17. The molecule has 23 heavy (non-hydrogen) atoms. The Morgan fingerprint density at radius 2 is 1.35 bits per heavy atom. The Balaban J connectivity index is 2.18. The molecule has 5 heteroatoms. The molecule has 0 aromatic carbocycles. The maximum absolute atomic E-state index is 11.9. The van der Waals surface area contributed by atoms with Crippen molar-refractivity contribution in [3.63, 3.8) is 0 Å². The van der Waals surface area contributed by atoms with Gasteiger partial charge in [-0.25, -0.2) is 0 Å². The van der Waals surface area contributed by atoms with Gasteiger partial charge in [0.25, 0.3) is 0 Å². The van der Waals surface area contributed by atoms with Gasteiger partial charge in [0.1, 0.15) is 0 Å². The first-order valence-electron chi connectivity index (χ1n) is 7.28. The van der Waals surface area contributed by atoms with Crippen molar-refractivity contribution in [3.05, 3.63) is 43.2 Å². The summed E-state index contributed by atoms with van der Waals surface area (Å²) < 4.78 is 13.2. The van der Waals surface area contributed by atoms with Crippen molar-refractivity contribution in [2.45, 2.75) is 25.7 Å². The zero-order valence-corrected chi connectivity index (χ0v) is 14.0.